The van der Waals surface area contributed by atoms with Gasteiger partial charge >= 0.3 is 0 Å². The zero-order chi connectivity index (χ0) is 15.5. The molecule has 0 spiro atoms. The van der Waals surface area contributed by atoms with Gasteiger partial charge in [-0.25, -0.2) is 0 Å². The number of amidine groups is 1. The highest BCUT2D eigenvalue weighted by atomic mass is 32.2. The summed E-state index contributed by atoms with van der Waals surface area (Å²) in [5, 5.41) is 0.718. The number of anilines is 1. The highest BCUT2D eigenvalue weighted by Crippen LogP contribution is 2.32. The van der Waals surface area contributed by atoms with Crippen LogP contribution < -0.4 is 4.90 Å². The third-order valence-corrected chi connectivity index (χ3v) is 5.15. The first-order valence-corrected chi connectivity index (χ1v) is 8.50. The molecule has 0 aliphatic carbocycles. The first kappa shape index (κ1) is 15.2. The number of hydrogen-bond donors (Lipinski definition) is 0. The van der Waals surface area contributed by atoms with Gasteiger partial charge in [0.05, 0.1) is 4.91 Å². The number of furan rings is 1. The minimum atomic E-state index is -0.0293. The van der Waals surface area contributed by atoms with Gasteiger partial charge in [-0.15, -0.1) is 0 Å². The maximum Gasteiger partial charge on any atom is 0.266 e. The lowest BCUT2D eigenvalue weighted by atomic mass is 10.2. The lowest BCUT2D eigenvalue weighted by Crippen LogP contribution is -2.23. The van der Waals surface area contributed by atoms with Crippen molar-refractivity contribution in [3.63, 3.8) is 0 Å². The van der Waals surface area contributed by atoms with Crippen molar-refractivity contribution < 1.29 is 9.21 Å². The molecule has 6 heteroatoms. The Morgan fingerprint density at radius 1 is 1.23 bits per heavy atom. The zero-order valence-corrected chi connectivity index (χ0v) is 13.9. The Kier molecular flexibility index (Phi) is 4.57. The van der Waals surface area contributed by atoms with Gasteiger partial charge in [0.15, 0.2) is 11.1 Å². The van der Waals surface area contributed by atoms with Crippen molar-refractivity contribution in [2.45, 2.75) is 25.7 Å². The van der Waals surface area contributed by atoms with E-state index in [1.54, 1.807) is 19.0 Å². The number of likely N-dealkylation sites (N-methyl/N-ethyl adjacent to an activating group) is 1. The Bertz CT molecular complexity index is 613. The Morgan fingerprint density at radius 3 is 2.59 bits per heavy atom. The van der Waals surface area contributed by atoms with E-state index in [0.29, 0.717) is 4.91 Å². The molecule has 5 nitrogen and oxygen atoms in total. The quantitative estimate of drug-likeness (QED) is 0.786. The lowest BCUT2D eigenvalue weighted by molar-refractivity contribution is -0.121. The third kappa shape index (κ3) is 3.06. The molecular formula is C16H21N3O2S. The number of aliphatic imine (C=N–C) groups is 1. The fourth-order valence-corrected chi connectivity index (χ4v) is 3.67. The Hall–Kier alpha value is -1.69. The highest BCUT2D eigenvalue weighted by Gasteiger charge is 2.30. The minimum Gasteiger partial charge on any atom is -0.441 e. The third-order valence-electron chi connectivity index (χ3n) is 4.00. The van der Waals surface area contributed by atoms with Crippen molar-refractivity contribution in [3.8, 4) is 0 Å². The number of hydrogen-bond acceptors (Lipinski definition) is 5. The van der Waals surface area contributed by atoms with E-state index < -0.39 is 0 Å². The second-order valence-electron chi connectivity index (χ2n) is 5.56. The second-order valence-corrected chi connectivity index (χ2v) is 6.57. The number of carbonyl (C=O) groups excluding carboxylic acids is 1. The molecule has 0 saturated carbocycles. The van der Waals surface area contributed by atoms with Gasteiger partial charge in [-0.05, 0) is 30.7 Å². The van der Waals surface area contributed by atoms with Gasteiger partial charge in [-0.1, -0.05) is 12.8 Å². The predicted molar refractivity (Wildman–Crippen MR) is 91.1 cm³/mol. The molecule has 0 N–H and O–H groups in total. The highest BCUT2D eigenvalue weighted by molar-refractivity contribution is 8.18. The van der Waals surface area contributed by atoms with Crippen LogP contribution in [0, 0.1) is 0 Å². The van der Waals surface area contributed by atoms with Crippen LogP contribution in [0.1, 0.15) is 31.4 Å². The van der Waals surface area contributed by atoms with Gasteiger partial charge in [-0.3, -0.25) is 14.7 Å². The van der Waals surface area contributed by atoms with Crippen LogP contribution in [0.5, 0.6) is 0 Å². The molecule has 2 fully saturated rings. The molecule has 1 amide bonds. The van der Waals surface area contributed by atoms with Crippen LogP contribution >= 0.6 is 11.8 Å². The lowest BCUT2D eigenvalue weighted by Gasteiger charge is -2.18. The summed E-state index contributed by atoms with van der Waals surface area (Å²) in [6.07, 6.45) is 6.83. The molecular weight excluding hydrogens is 298 g/mol. The van der Waals surface area contributed by atoms with E-state index in [-0.39, 0.29) is 5.91 Å². The summed E-state index contributed by atoms with van der Waals surface area (Å²) in [4.78, 5) is 20.8. The average Bonchev–Trinajstić information content (AvgIpc) is 2.96. The van der Waals surface area contributed by atoms with Crippen LogP contribution in [0.15, 0.2) is 26.4 Å². The van der Waals surface area contributed by atoms with Gasteiger partial charge in [0.2, 0.25) is 0 Å². The van der Waals surface area contributed by atoms with Crippen LogP contribution in [0.4, 0.5) is 5.88 Å². The summed E-state index contributed by atoms with van der Waals surface area (Å²) in [5.41, 5.74) is 0. The molecule has 0 unspecified atom stereocenters. The minimum absolute atomic E-state index is 0.0293. The summed E-state index contributed by atoms with van der Waals surface area (Å²) in [7, 11) is 3.43. The summed E-state index contributed by atoms with van der Waals surface area (Å²) >= 11 is 1.38. The molecule has 2 saturated heterocycles. The zero-order valence-electron chi connectivity index (χ0n) is 13.0. The van der Waals surface area contributed by atoms with Crippen LogP contribution in [0.25, 0.3) is 6.08 Å². The van der Waals surface area contributed by atoms with Gasteiger partial charge in [0.1, 0.15) is 5.76 Å². The maximum absolute atomic E-state index is 12.1. The van der Waals surface area contributed by atoms with E-state index in [9.17, 15) is 4.79 Å². The van der Waals surface area contributed by atoms with E-state index in [2.05, 4.69) is 9.89 Å². The molecule has 22 heavy (non-hydrogen) atoms. The summed E-state index contributed by atoms with van der Waals surface area (Å²) in [6.45, 7) is 2.10. The predicted octanol–water partition coefficient (Wildman–Crippen LogP) is 3.19. The number of nitrogens with zero attached hydrogens (tertiary/aromatic N) is 3. The summed E-state index contributed by atoms with van der Waals surface area (Å²) < 4.78 is 5.92. The Labute approximate surface area is 135 Å². The second kappa shape index (κ2) is 6.60. The first-order chi connectivity index (χ1) is 10.7. The largest absolute Gasteiger partial charge is 0.441 e. The topological polar surface area (TPSA) is 49.1 Å². The molecule has 0 aromatic carbocycles. The molecule has 0 radical (unpaired) electrons. The molecule has 0 bridgehead atoms. The van der Waals surface area contributed by atoms with E-state index in [0.717, 1.165) is 29.9 Å². The maximum atomic E-state index is 12.1. The number of thioether (sulfide) groups is 1. The molecule has 0 atom stereocenters. The molecule has 2 aliphatic heterocycles. The molecule has 118 valence electrons. The smallest absolute Gasteiger partial charge is 0.266 e. The number of amides is 1. The van der Waals surface area contributed by atoms with Crippen LogP contribution in [0.3, 0.4) is 0 Å². The normalized spacial score (nSPS) is 23.6. The number of rotatable bonds is 2. The molecule has 2 aliphatic rings. The molecule has 3 heterocycles. The van der Waals surface area contributed by atoms with Gasteiger partial charge in [0, 0.05) is 39.3 Å². The number of carbonyl (C=O) groups is 1. The Balaban J connectivity index is 1.76. The van der Waals surface area contributed by atoms with E-state index in [4.69, 9.17) is 4.42 Å². The Morgan fingerprint density at radius 2 is 1.95 bits per heavy atom. The fourth-order valence-electron chi connectivity index (χ4n) is 2.76. The van der Waals surface area contributed by atoms with Crippen LogP contribution in [-0.4, -0.2) is 43.2 Å². The van der Waals surface area contributed by atoms with E-state index >= 15 is 0 Å². The van der Waals surface area contributed by atoms with Crippen molar-refractivity contribution in [3.05, 3.63) is 22.8 Å². The first-order valence-electron chi connectivity index (χ1n) is 7.68. The summed E-state index contributed by atoms with van der Waals surface area (Å²) in [5.74, 6) is 1.60. The van der Waals surface area contributed by atoms with Gasteiger partial charge < -0.3 is 9.32 Å². The molecule has 1 aromatic heterocycles. The van der Waals surface area contributed by atoms with Crippen molar-refractivity contribution in [2.75, 3.05) is 32.1 Å². The van der Waals surface area contributed by atoms with Gasteiger partial charge in [-0.2, -0.15) is 0 Å². The van der Waals surface area contributed by atoms with Crippen molar-refractivity contribution in [1.82, 2.24) is 4.90 Å². The van der Waals surface area contributed by atoms with E-state index in [1.807, 2.05) is 18.2 Å². The van der Waals surface area contributed by atoms with Crippen molar-refractivity contribution in [2.24, 2.45) is 4.99 Å². The van der Waals surface area contributed by atoms with Crippen molar-refractivity contribution >= 4 is 34.8 Å². The van der Waals surface area contributed by atoms with Crippen LogP contribution in [-0.2, 0) is 4.79 Å². The average molecular weight is 319 g/mol. The fraction of sp³-hybridized carbons (Fsp3) is 0.500. The van der Waals surface area contributed by atoms with Crippen molar-refractivity contribution in [1.29, 1.82) is 0 Å². The van der Waals surface area contributed by atoms with E-state index in [1.165, 1.54) is 37.4 Å². The SMILES string of the molecule is CN=C1S/C(=C/c2ccc(N3CCCCCC3)o2)C(=O)N1C. The standard InChI is InChI=1S/C16H21N3O2S/c1-17-16-18(2)15(20)13(22-16)11-12-7-8-14(21-12)19-9-5-3-4-6-10-19/h7-8,11H,3-6,9-10H2,1-2H3/b13-11+,17-16?. The molecule has 3 rings (SSSR count). The van der Waals surface area contributed by atoms with Gasteiger partial charge in [0.25, 0.3) is 5.91 Å². The summed E-state index contributed by atoms with van der Waals surface area (Å²) in [6, 6.07) is 3.93. The molecule has 1 aromatic rings. The van der Waals surface area contributed by atoms with Crippen LogP contribution in [0.2, 0.25) is 0 Å². The monoisotopic (exact) mass is 319 g/mol.